The minimum atomic E-state index is 0.795. The second kappa shape index (κ2) is 4.76. The van der Waals surface area contributed by atoms with E-state index in [-0.39, 0.29) is 0 Å². The Morgan fingerprint density at radius 3 is 2.44 bits per heavy atom. The van der Waals surface area contributed by atoms with E-state index in [1.807, 2.05) is 0 Å². The van der Waals surface area contributed by atoms with Crippen molar-refractivity contribution in [1.29, 1.82) is 0 Å². The first kappa shape index (κ1) is 11.8. The second-order valence-electron chi connectivity index (χ2n) is 5.86. The minimum Gasteiger partial charge on any atom is -0.0613 e. The van der Waals surface area contributed by atoms with Gasteiger partial charge in [-0.2, -0.15) is 0 Å². The van der Waals surface area contributed by atoms with Gasteiger partial charge in [0.05, 0.1) is 0 Å². The van der Waals surface area contributed by atoms with Crippen molar-refractivity contribution in [1.82, 2.24) is 0 Å². The van der Waals surface area contributed by atoms with Crippen molar-refractivity contribution in [2.75, 3.05) is 0 Å². The summed E-state index contributed by atoms with van der Waals surface area (Å²) >= 11 is 0. The molecule has 0 nitrogen and oxygen atoms in total. The monoisotopic (exact) mass is 238 g/mol. The van der Waals surface area contributed by atoms with Crippen LogP contribution in [0.2, 0.25) is 0 Å². The number of hydrogen-bond donors (Lipinski definition) is 0. The van der Waals surface area contributed by atoms with Crippen molar-refractivity contribution in [3.05, 3.63) is 47.0 Å². The zero-order valence-corrected chi connectivity index (χ0v) is 11.5. The quantitative estimate of drug-likeness (QED) is 0.615. The molecule has 0 bridgehead atoms. The standard InChI is InChI=1S/C18H22/c1-13-11-14(2)16-9-6-10-17(18(16)12-13)15-7-4-3-5-8-15/h6,9-12,15H,3-5,7-8H2,1-2H3. The fraction of sp³-hybridized carbons (Fsp3) is 0.444. The average Bonchev–Trinajstić information content (AvgIpc) is 2.39. The Morgan fingerprint density at radius 1 is 0.889 bits per heavy atom. The molecule has 0 amide bonds. The van der Waals surface area contributed by atoms with E-state index in [0.29, 0.717) is 0 Å². The lowest BCUT2D eigenvalue weighted by atomic mass is 9.81. The van der Waals surface area contributed by atoms with Crippen LogP contribution in [0.15, 0.2) is 30.3 Å². The summed E-state index contributed by atoms with van der Waals surface area (Å²) in [5.74, 6) is 0.795. The van der Waals surface area contributed by atoms with E-state index in [1.165, 1.54) is 54.0 Å². The van der Waals surface area contributed by atoms with E-state index in [1.54, 1.807) is 5.56 Å². The number of aryl methyl sites for hydroxylation is 2. The molecule has 0 atom stereocenters. The van der Waals surface area contributed by atoms with E-state index < -0.39 is 0 Å². The molecule has 0 unspecified atom stereocenters. The fourth-order valence-corrected chi connectivity index (χ4v) is 3.55. The lowest BCUT2D eigenvalue weighted by Crippen LogP contribution is -2.05. The van der Waals surface area contributed by atoms with Gasteiger partial charge in [0.1, 0.15) is 0 Å². The van der Waals surface area contributed by atoms with Crippen LogP contribution in [0.5, 0.6) is 0 Å². The van der Waals surface area contributed by atoms with Crippen molar-refractivity contribution in [2.24, 2.45) is 0 Å². The van der Waals surface area contributed by atoms with Gasteiger partial charge < -0.3 is 0 Å². The van der Waals surface area contributed by atoms with Crippen LogP contribution in [0.4, 0.5) is 0 Å². The molecule has 0 aromatic heterocycles. The summed E-state index contributed by atoms with van der Waals surface area (Å²) in [6.07, 6.45) is 7.01. The van der Waals surface area contributed by atoms with E-state index in [0.717, 1.165) is 5.92 Å². The van der Waals surface area contributed by atoms with Gasteiger partial charge in [-0.1, -0.05) is 55.2 Å². The molecule has 2 aromatic rings. The Labute approximate surface area is 110 Å². The molecule has 0 saturated heterocycles. The van der Waals surface area contributed by atoms with Crippen molar-refractivity contribution in [3.8, 4) is 0 Å². The predicted molar refractivity (Wildman–Crippen MR) is 79.2 cm³/mol. The third-order valence-corrected chi connectivity index (χ3v) is 4.43. The first-order chi connectivity index (χ1) is 8.75. The second-order valence-corrected chi connectivity index (χ2v) is 5.86. The smallest absolute Gasteiger partial charge is 0.0144 e. The van der Waals surface area contributed by atoms with Gasteiger partial charge in [-0.3, -0.25) is 0 Å². The molecule has 0 spiro atoms. The summed E-state index contributed by atoms with van der Waals surface area (Å²) in [4.78, 5) is 0. The van der Waals surface area contributed by atoms with Crippen LogP contribution < -0.4 is 0 Å². The van der Waals surface area contributed by atoms with Gasteiger partial charge in [-0.15, -0.1) is 0 Å². The topological polar surface area (TPSA) is 0 Å². The van der Waals surface area contributed by atoms with Crippen LogP contribution in [-0.4, -0.2) is 0 Å². The van der Waals surface area contributed by atoms with E-state index in [4.69, 9.17) is 0 Å². The minimum absolute atomic E-state index is 0.795. The molecule has 0 heteroatoms. The molecule has 1 fully saturated rings. The lowest BCUT2D eigenvalue weighted by Gasteiger charge is -2.24. The van der Waals surface area contributed by atoms with Crippen molar-refractivity contribution < 1.29 is 0 Å². The first-order valence-corrected chi connectivity index (χ1v) is 7.25. The van der Waals surface area contributed by atoms with Crippen LogP contribution >= 0.6 is 0 Å². The van der Waals surface area contributed by atoms with Gasteiger partial charge in [0.25, 0.3) is 0 Å². The predicted octanol–water partition coefficient (Wildman–Crippen LogP) is 5.50. The Balaban J connectivity index is 2.16. The lowest BCUT2D eigenvalue weighted by molar-refractivity contribution is 0.445. The van der Waals surface area contributed by atoms with Crippen LogP contribution in [0.1, 0.15) is 54.7 Å². The normalized spacial score (nSPS) is 17.2. The zero-order valence-electron chi connectivity index (χ0n) is 11.5. The molecule has 1 saturated carbocycles. The van der Waals surface area contributed by atoms with E-state index >= 15 is 0 Å². The van der Waals surface area contributed by atoms with E-state index in [2.05, 4.69) is 44.2 Å². The van der Waals surface area contributed by atoms with Gasteiger partial charge in [0.15, 0.2) is 0 Å². The maximum atomic E-state index is 2.38. The SMILES string of the molecule is Cc1cc(C)c2cccc(C3CCCCC3)c2c1. The molecule has 18 heavy (non-hydrogen) atoms. The molecule has 0 radical (unpaired) electrons. The van der Waals surface area contributed by atoms with Crippen LogP contribution in [0.25, 0.3) is 10.8 Å². The van der Waals surface area contributed by atoms with Gasteiger partial charge in [0, 0.05) is 0 Å². The zero-order chi connectivity index (χ0) is 12.5. The van der Waals surface area contributed by atoms with E-state index in [9.17, 15) is 0 Å². The highest BCUT2D eigenvalue weighted by atomic mass is 14.2. The maximum absolute atomic E-state index is 2.38. The molecule has 0 N–H and O–H groups in total. The number of fused-ring (bicyclic) bond motifs is 1. The highest BCUT2D eigenvalue weighted by molar-refractivity contribution is 5.89. The summed E-state index contributed by atoms with van der Waals surface area (Å²) < 4.78 is 0. The largest absolute Gasteiger partial charge is 0.0613 e. The summed E-state index contributed by atoms with van der Waals surface area (Å²) in [5.41, 5.74) is 4.41. The summed E-state index contributed by atoms with van der Waals surface area (Å²) in [5, 5.41) is 2.95. The van der Waals surface area contributed by atoms with Crippen LogP contribution in [0.3, 0.4) is 0 Å². The molecule has 94 valence electrons. The fourth-order valence-electron chi connectivity index (χ4n) is 3.55. The Hall–Kier alpha value is -1.30. The van der Waals surface area contributed by atoms with Crippen LogP contribution in [-0.2, 0) is 0 Å². The Bertz CT molecular complexity index is 560. The third kappa shape index (κ3) is 2.05. The third-order valence-electron chi connectivity index (χ3n) is 4.43. The van der Waals surface area contributed by atoms with Crippen molar-refractivity contribution in [2.45, 2.75) is 51.9 Å². The number of benzene rings is 2. The number of hydrogen-bond acceptors (Lipinski definition) is 0. The molecule has 1 aliphatic carbocycles. The number of rotatable bonds is 1. The van der Waals surface area contributed by atoms with Gasteiger partial charge in [0.2, 0.25) is 0 Å². The van der Waals surface area contributed by atoms with Gasteiger partial charge in [-0.05, 0) is 54.5 Å². The molecule has 0 heterocycles. The summed E-state index contributed by atoms with van der Waals surface area (Å²) in [6, 6.07) is 11.6. The molecular formula is C18H22. The Morgan fingerprint density at radius 2 is 1.67 bits per heavy atom. The summed E-state index contributed by atoms with van der Waals surface area (Å²) in [6.45, 7) is 4.45. The first-order valence-electron chi connectivity index (χ1n) is 7.25. The van der Waals surface area contributed by atoms with Gasteiger partial charge >= 0.3 is 0 Å². The molecule has 1 aliphatic rings. The highest BCUT2D eigenvalue weighted by Crippen LogP contribution is 2.37. The molecular weight excluding hydrogens is 216 g/mol. The van der Waals surface area contributed by atoms with Crippen LogP contribution in [0, 0.1) is 13.8 Å². The molecule has 3 rings (SSSR count). The van der Waals surface area contributed by atoms with Gasteiger partial charge in [-0.25, -0.2) is 0 Å². The van der Waals surface area contributed by atoms with Crippen molar-refractivity contribution >= 4 is 10.8 Å². The Kier molecular flexibility index (Phi) is 3.11. The molecule has 0 aliphatic heterocycles. The molecule has 2 aromatic carbocycles. The van der Waals surface area contributed by atoms with Crippen molar-refractivity contribution in [3.63, 3.8) is 0 Å². The summed E-state index contributed by atoms with van der Waals surface area (Å²) in [7, 11) is 0. The maximum Gasteiger partial charge on any atom is -0.0144 e. The average molecular weight is 238 g/mol. The highest BCUT2D eigenvalue weighted by Gasteiger charge is 2.17.